The third-order valence-electron chi connectivity index (χ3n) is 6.20. The van der Waals surface area contributed by atoms with Crippen LogP contribution in [0.2, 0.25) is 0 Å². The maximum absolute atomic E-state index is 11.7. The summed E-state index contributed by atoms with van der Waals surface area (Å²) in [7, 11) is 0. The number of hydrogen-bond donors (Lipinski definition) is 2. The Labute approximate surface area is 172 Å². The van der Waals surface area contributed by atoms with Crippen LogP contribution in [0.4, 0.5) is 5.69 Å². The fourth-order valence-corrected chi connectivity index (χ4v) is 4.52. The summed E-state index contributed by atoms with van der Waals surface area (Å²) >= 11 is 0. The number of amides is 1. The number of carbonyl (C=O) groups excluding carboxylic acids is 1. The molecule has 2 aromatic rings. The summed E-state index contributed by atoms with van der Waals surface area (Å²) in [6, 6.07) is 15.9. The van der Waals surface area contributed by atoms with Gasteiger partial charge in [-0.1, -0.05) is 43.3 Å². The number of likely N-dealkylation sites (tertiary alicyclic amines) is 1. The van der Waals surface area contributed by atoms with Gasteiger partial charge >= 0.3 is 0 Å². The predicted molar refractivity (Wildman–Crippen MR) is 114 cm³/mol. The molecule has 1 saturated heterocycles. The van der Waals surface area contributed by atoms with Crippen LogP contribution in [0.3, 0.4) is 0 Å². The first-order valence-corrected chi connectivity index (χ1v) is 10.6. The number of hydrogen-bond acceptors (Lipinski definition) is 4. The van der Waals surface area contributed by atoms with Crippen LogP contribution in [0.5, 0.6) is 5.75 Å². The molecule has 2 aliphatic heterocycles. The van der Waals surface area contributed by atoms with Crippen LogP contribution in [-0.4, -0.2) is 42.2 Å². The van der Waals surface area contributed by atoms with Crippen LogP contribution >= 0.6 is 0 Å². The summed E-state index contributed by atoms with van der Waals surface area (Å²) in [6.07, 6.45) is 2.97. The molecule has 0 bridgehead atoms. The Morgan fingerprint density at radius 3 is 2.66 bits per heavy atom. The van der Waals surface area contributed by atoms with Gasteiger partial charge in [0.1, 0.15) is 5.75 Å². The van der Waals surface area contributed by atoms with Crippen molar-refractivity contribution in [2.24, 2.45) is 0 Å². The molecule has 1 fully saturated rings. The molecule has 4 rings (SSSR count). The van der Waals surface area contributed by atoms with E-state index in [1.807, 2.05) is 48.5 Å². The fourth-order valence-electron chi connectivity index (χ4n) is 4.52. The average Bonchev–Trinajstić information content (AvgIpc) is 2.73. The normalized spacial score (nSPS) is 21.3. The molecule has 2 N–H and O–H groups in total. The molecule has 0 aromatic heterocycles. The Morgan fingerprint density at radius 1 is 1.14 bits per heavy atom. The molecule has 2 aliphatic rings. The Hall–Kier alpha value is -2.37. The molecule has 0 aliphatic carbocycles. The van der Waals surface area contributed by atoms with Gasteiger partial charge in [-0.05, 0) is 42.9 Å². The van der Waals surface area contributed by atoms with Crippen molar-refractivity contribution in [3.8, 4) is 5.75 Å². The lowest BCUT2D eigenvalue weighted by Gasteiger charge is -2.38. The van der Waals surface area contributed by atoms with Gasteiger partial charge in [-0.15, -0.1) is 0 Å². The molecule has 0 spiro atoms. The monoisotopic (exact) mass is 394 g/mol. The SMILES string of the molecule is CC1CC(=O)Nc2cccc(OCCCN3CCC(O)(c4ccccc4)CC3)c21. The second-order valence-corrected chi connectivity index (χ2v) is 8.31. The van der Waals surface area contributed by atoms with E-state index in [0.717, 1.165) is 61.5 Å². The zero-order valence-electron chi connectivity index (χ0n) is 17.1. The average molecular weight is 395 g/mol. The van der Waals surface area contributed by atoms with Crippen LogP contribution < -0.4 is 10.1 Å². The Balaban J connectivity index is 1.25. The molecule has 5 nitrogen and oxygen atoms in total. The van der Waals surface area contributed by atoms with Crippen molar-refractivity contribution in [2.75, 3.05) is 31.6 Å². The number of anilines is 1. The van der Waals surface area contributed by atoms with E-state index in [2.05, 4.69) is 17.1 Å². The molecule has 1 amide bonds. The van der Waals surface area contributed by atoms with Crippen molar-refractivity contribution >= 4 is 11.6 Å². The van der Waals surface area contributed by atoms with Gasteiger partial charge in [0.15, 0.2) is 0 Å². The third-order valence-corrected chi connectivity index (χ3v) is 6.20. The Morgan fingerprint density at radius 2 is 1.90 bits per heavy atom. The van der Waals surface area contributed by atoms with E-state index in [1.165, 1.54) is 0 Å². The summed E-state index contributed by atoms with van der Waals surface area (Å²) in [5.41, 5.74) is 2.32. The molecule has 1 atom stereocenters. The first kappa shape index (κ1) is 19.9. The summed E-state index contributed by atoms with van der Waals surface area (Å²) < 4.78 is 6.08. The lowest BCUT2D eigenvalue weighted by Crippen LogP contribution is -2.43. The minimum atomic E-state index is -0.696. The minimum Gasteiger partial charge on any atom is -0.493 e. The van der Waals surface area contributed by atoms with E-state index in [4.69, 9.17) is 4.74 Å². The van der Waals surface area contributed by atoms with E-state index in [9.17, 15) is 9.90 Å². The third kappa shape index (κ3) is 4.46. The van der Waals surface area contributed by atoms with Crippen molar-refractivity contribution < 1.29 is 14.6 Å². The lowest BCUT2D eigenvalue weighted by molar-refractivity contribution is -0.116. The summed E-state index contributed by atoms with van der Waals surface area (Å²) in [6.45, 7) is 5.49. The minimum absolute atomic E-state index is 0.0720. The van der Waals surface area contributed by atoms with Gasteiger partial charge in [-0.2, -0.15) is 0 Å². The summed E-state index contributed by atoms with van der Waals surface area (Å²) in [5, 5.41) is 13.9. The first-order valence-electron chi connectivity index (χ1n) is 10.6. The second-order valence-electron chi connectivity index (χ2n) is 8.31. The number of nitrogens with one attached hydrogen (secondary N) is 1. The van der Waals surface area contributed by atoms with Crippen LogP contribution in [-0.2, 0) is 10.4 Å². The molecule has 2 heterocycles. The van der Waals surface area contributed by atoms with Crippen LogP contribution in [0.1, 0.15) is 49.7 Å². The lowest BCUT2D eigenvalue weighted by atomic mass is 9.84. The first-order chi connectivity index (χ1) is 14.0. The smallest absolute Gasteiger partial charge is 0.224 e. The number of fused-ring (bicyclic) bond motifs is 1. The summed E-state index contributed by atoms with van der Waals surface area (Å²) in [5.74, 6) is 1.13. The van der Waals surface area contributed by atoms with Gasteiger partial charge in [0.25, 0.3) is 0 Å². The number of piperidine rings is 1. The maximum atomic E-state index is 11.7. The van der Waals surface area contributed by atoms with Gasteiger partial charge in [0.05, 0.1) is 12.2 Å². The second kappa shape index (κ2) is 8.56. The van der Waals surface area contributed by atoms with Crippen LogP contribution in [0.25, 0.3) is 0 Å². The van der Waals surface area contributed by atoms with Crippen LogP contribution in [0, 0.1) is 0 Å². The van der Waals surface area contributed by atoms with Gasteiger partial charge in [-0.25, -0.2) is 0 Å². The highest BCUT2D eigenvalue weighted by Gasteiger charge is 2.33. The predicted octanol–water partition coefficient (Wildman–Crippen LogP) is 3.88. The number of nitrogens with zero attached hydrogens (tertiary/aromatic N) is 1. The van der Waals surface area contributed by atoms with Crippen LogP contribution in [0.15, 0.2) is 48.5 Å². The molecule has 154 valence electrons. The van der Waals surface area contributed by atoms with E-state index in [-0.39, 0.29) is 11.8 Å². The molecule has 29 heavy (non-hydrogen) atoms. The standard InChI is InChI=1S/C24H30N2O3/c1-18-17-22(27)25-20-9-5-10-21(23(18)20)29-16-6-13-26-14-11-24(28,12-15-26)19-7-3-2-4-8-19/h2-5,7-10,18,28H,6,11-17H2,1H3,(H,25,27). The zero-order valence-corrected chi connectivity index (χ0v) is 17.1. The number of benzene rings is 2. The summed E-state index contributed by atoms with van der Waals surface area (Å²) in [4.78, 5) is 14.2. The molecule has 5 heteroatoms. The van der Waals surface area contributed by atoms with Gasteiger partial charge in [0, 0.05) is 37.3 Å². The molecular weight excluding hydrogens is 364 g/mol. The fraction of sp³-hybridized carbons (Fsp3) is 0.458. The van der Waals surface area contributed by atoms with Crippen molar-refractivity contribution in [3.05, 3.63) is 59.7 Å². The van der Waals surface area contributed by atoms with E-state index < -0.39 is 5.60 Å². The highest BCUT2D eigenvalue weighted by Crippen LogP contribution is 2.38. The topological polar surface area (TPSA) is 61.8 Å². The van der Waals surface area contributed by atoms with Crippen molar-refractivity contribution in [1.29, 1.82) is 0 Å². The van der Waals surface area contributed by atoms with Crippen molar-refractivity contribution in [3.63, 3.8) is 0 Å². The highest BCUT2D eigenvalue weighted by molar-refractivity contribution is 5.95. The molecule has 0 radical (unpaired) electrons. The van der Waals surface area contributed by atoms with Crippen molar-refractivity contribution in [2.45, 2.75) is 44.1 Å². The number of aliphatic hydroxyl groups is 1. The van der Waals surface area contributed by atoms with Gasteiger partial charge in [-0.3, -0.25) is 4.79 Å². The zero-order chi connectivity index (χ0) is 20.3. The van der Waals surface area contributed by atoms with Crippen molar-refractivity contribution in [1.82, 2.24) is 4.90 Å². The highest BCUT2D eigenvalue weighted by atomic mass is 16.5. The molecule has 0 saturated carbocycles. The number of carbonyl (C=O) groups is 1. The number of rotatable bonds is 6. The quantitative estimate of drug-likeness (QED) is 0.730. The Kier molecular flexibility index (Phi) is 5.88. The molecule has 2 aromatic carbocycles. The van der Waals surface area contributed by atoms with Gasteiger partial charge < -0.3 is 20.1 Å². The number of ether oxygens (including phenoxy) is 1. The maximum Gasteiger partial charge on any atom is 0.224 e. The largest absolute Gasteiger partial charge is 0.493 e. The van der Waals surface area contributed by atoms with Gasteiger partial charge in [0.2, 0.25) is 5.91 Å². The molecule has 1 unspecified atom stereocenters. The van der Waals surface area contributed by atoms with E-state index in [1.54, 1.807) is 0 Å². The Bertz CT molecular complexity index is 844. The van der Waals surface area contributed by atoms with E-state index in [0.29, 0.717) is 13.0 Å². The molecular formula is C24H30N2O3. The van der Waals surface area contributed by atoms with E-state index >= 15 is 0 Å².